The van der Waals surface area contributed by atoms with Crippen LogP contribution in [0.4, 0.5) is 11.5 Å². The maximum Gasteiger partial charge on any atom is 0.361 e. The number of hydrogen-bond donors (Lipinski definition) is 1. The molecule has 3 aromatic rings. The third-order valence-corrected chi connectivity index (χ3v) is 4.13. The quantitative estimate of drug-likeness (QED) is 0.604. The maximum absolute atomic E-state index is 12.6. The van der Waals surface area contributed by atoms with Crippen LogP contribution < -0.4 is 14.8 Å². The molecule has 3 rings (SSSR count). The molecule has 1 aromatic heterocycles. The molecule has 2 aromatic carbocycles. The summed E-state index contributed by atoms with van der Waals surface area (Å²) < 4.78 is 15.9. The molecule has 146 valence electrons. The minimum Gasteiger partial charge on any atom is -0.495 e. The van der Waals surface area contributed by atoms with E-state index in [0.717, 1.165) is 0 Å². The fourth-order valence-corrected chi connectivity index (χ4v) is 2.83. The molecule has 7 nitrogen and oxygen atoms in total. The summed E-state index contributed by atoms with van der Waals surface area (Å²) in [7, 11) is 3.04. The second kappa shape index (κ2) is 8.31. The van der Waals surface area contributed by atoms with E-state index >= 15 is 0 Å². The third kappa shape index (κ3) is 4.09. The van der Waals surface area contributed by atoms with Crippen LogP contribution in [0, 0.1) is 0 Å². The molecular formula is C20H20ClN3O4. The average Bonchev–Trinajstić information content (AvgIpc) is 2.67. The fourth-order valence-electron chi connectivity index (χ4n) is 2.58. The summed E-state index contributed by atoms with van der Waals surface area (Å²) in [5.74, 6) is 0.603. The van der Waals surface area contributed by atoms with E-state index in [9.17, 15) is 4.79 Å². The summed E-state index contributed by atoms with van der Waals surface area (Å²) in [5.41, 5.74) is 1.80. The Labute approximate surface area is 167 Å². The number of para-hydroxylation sites is 2. The molecule has 0 spiro atoms. The molecule has 0 unspecified atom stereocenters. The number of hydrogen-bond acceptors (Lipinski definition) is 7. The summed E-state index contributed by atoms with van der Waals surface area (Å²) in [5, 5.41) is 3.47. The first-order valence-electron chi connectivity index (χ1n) is 8.59. The first-order valence-corrected chi connectivity index (χ1v) is 8.97. The average molecular weight is 402 g/mol. The number of esters is 1. The van der Waals surface area contributed by atoms with Crippen molar-refractivity contribution in [3.05, 3.63) is 47.1 Å². The lowest BCUT2D eigenvalue weighted by molar-refractivity contribution is 0.0372. The highest BCUT2D eigenvalue weighted by Gasteiger charge is 2.21. The molecular weight excluding hydrogens is 382 g/mol. The van der Waals surface area contributed by atoms with Gasteiger partial charge in [0.05, 0.1) is 42.1 Å². The normalized spacial score (nSPS) is 10.8. The number of methoxy groups -OCH3 is 2. The van der Waals surface area contributed by atoms with Gasteiger partial charge in [-0.05, 0) is 32.0 Å². The van der Waals surface area contributed by atoms with Gasteiger partial charge in [-0.3, -0.25) is 0 Å². The van der Waals surface area contributed by atoms with Crippen LogP contribution in [0.1, 0.15) is 24.3 Å². The maximum atomic E-state index is 12.6. The van der Waals surface area contributed by atoms with E-state index in [1.807, 2.05) is 18.2 Å². The Kier molecular flexibility index (Phi) is 5.84. The monoisotopic (exact) mass is 401 g/mol. The van der Waals surface area contributed by atoms with Crippen molar-refractivity contribution in [2.45, 2.75) is 20.0 Å². The van der Waals surface area contributed by atoms with Gasteiger partial charge in [0, 0.05) is 6.07 Å². The number of halogens is 1. The van der Waals surface area contributed by atoms with Gasteiger partial charge in [-0.25, -0.2) is 14.8 Å². The predicted octanol–water partition coefficient (Wildman–Crippen LogP) is 4.61. The van der Waals surface area contributed by atoms with Crippen LogP contribution in [-0.2, 0) is 4.74 Å². The van der Waals surface area contributed by atoms with Crippen molar-refractivity contribution in [2.75, 3.05) is 19.5 Å². The number of anilines is 2. The molecule has 0 bridgehead atoms. The number of benzene rings is 2. The number of nitrogens with zero attached hydrogens (tertiary/aromatic N) is 2. The number of carbonyl (C=O) groups is 1. The minimum absolute atomic E-state index is 0.0707. The Morgan fingerprint density at radius 1 is 1.04 bits per heavy atom. The smallest absolute Gasteiger partial charge is 0.361 e. The number of nitrogens with one attached hydrogen (secondary N) is 1. The van der Waals surface area contributed by atoms with Crippen LogP contribution >= 0.6 is 11.6 Å². The largest absolute Gasteiger partial charge is 0.495 e. The molecule has 1 heterocycles. The van der Waals surface area contributed by atoms with Gasteiger partial charge in [0.15, 0.2) is 11.5 Å². The molecule has 0 aliphatic rings. The lowest BCUT2D eigenvalue weighted by Crippen LogP contribution is -2.16. The summed E-state index contributed by atoms with van der Waals surface area (Å²) in [6.45, 7) is 3.54. The van der Waals surface area contributed by atoms with E-state index in [1.54, 1.807) is 32.0 Å². The minimum atomic E-state index is -0.575. The zero-order valence-electron chi connectivity index (χ0n) is 15.9. The first-order chi connectivity index (χ1) is 13.4. The topological polar surface area (TPSA) is 82.6 Å². The second-order valence-corrected chi connectivity index (χ2v) is 6.58. The molecule has 0 saturated carbocycles. The molecule has 1 N–H and O–H groups in total. The molecule has 0 aliphatic heterocycles. The Balaban J connectivity index is 2.11. The van der Waals surface area contributed by atoms with Gasteiger partial charge >= 0.3 is 5.97 Å². The highest BCUT2D eigenvalue weighted by molar-refractivity contribution is 6.32. The van der Waals surface area contributed by atoms with Gasteiger partial charge < -0.3 is 19.5 Å². The molecule has 0 aliphatic carbocycles. The van der Waals surface area contributed by atoms with E-state index in [1.165, 1.54) is 14.2 Å². The van der Waals surface area contributed by atoms with Crippen molar-refractivity contribution < 1.29 is 19.0 Å². The van der Waals surface area contributed by atoms with Gasteiger partial charge in [-0.15, -0.1) is 0 Å². The SMILES string of the molecule is COc1cc(OC)c(Nc2nc3ccccc3nc2C(=O)OC(C)C)cc1Cl. The number of ether oxygens (including phenoxy) is 3. The van der Waals surface area contributed by atoms with Crippen LogP contribution in [0.5, 0.6) is 11.5 Å². The first kappa shape index (κ1) is 19.7. The summed E-state index contributed by atoms with van der Waals surface area (Å²) >= 11 is 6.24. The third-order valence-electron chi connectivity index (χ3n) is 3.83. The Bertz CT molecular complexity index is 1020. The lowest BCUT2D eigenvalue weighted by Gasteiger charge is -2.16. The van der Waals surface area contributed by atoms with Gasteiger partial charge in [0.25, 0.3) is 0 Å². The predicted molar refractivity (Wildman–Crippen MR) is 108 cm³/mol. The molecule has 0 atom stereocenters. The number of aromatic nitrogens is 2. The van der Waals surface area contributed by atoms with E-state index < -0.39 is 5.97 Å². The van der Waals surface area contributed by atoms with Gasteiger partial charge in [0.2, 0.25) is 0 Å². The number of fused-ring (bicyclic) bond motifs is 1. The van der Waals surface area contributed by atoms with Gasteiger partial charge in [-0.1, -0.05) is 23.7 Å². The van der Waals surface area contributed by atoms with E-state index in [0.29, 0.717) is 33.2 Å². The molecule has 0 radical (unpaired) electrons. The van der Waals surface area contributed by atoms with E-state index in [-0.39, 0.29) is 17.6 Å². The number of carbonyl (C=O) groups excluding carboxylic acids is 1. The molecule has 0 amide bonds. The van der Waals surface area contributed by atoms with Crippen LogP contribution in [-0.4, -0.2) is 36.3 Å². The molecule has 0 saturated heterocycles. The van der Waals surface area contributed by atoms with E-state index in [2.05, 4.69) is 15.3 Å². The van der Waals surface area contributed by atoms with Crippen LogP contribution in [0.3, 0.4) is 0 Å². The van der Waals surface area contributed by atoms with Crippen molar-refractivity contribution in [3.8, 4) is 11.5 Å². The summed E-state index contributed by atoms with van der Waals surface area (Å²) in [4.78, 5) is 21.6. The van der Waals surface area contributed by atoms with Gasteiger partial charge in [0.1, 0.15) is 11.5 Å². The zero-order chi connectivity index (χ0) is 20.3. The van der Waals surface area contributed by atoms with Crippen LogP contribution in [0.25, 0.3) is 11.0 Å². The fraction of sp³-hybridized carbons (Fsp3) is 0.250. The molecule has 28 heavy (non-hydrogen) atoms. The van der Waals surface area contributed by atoms with E-state index in [4.69, 9.17) is 25.8 Å². The Morgan fingerprint density at radius 2 is 1.68 bits per heavy atom. The summed E-state index contributed by atoms with van der Waals surface area (Å²) in [6, 6.07) is 10.5. The zero-order valence-corrected chi connectivity index (χ0v) is 16.7. The van der Waals surface area contributed by atoms with Gasteiger partial charge in [-0.2, -0.15) is 0 Å². The molecule has 0 fully saturated rings. The Morgan fingerprint density at radius 3 is 2.29 bits per heavy atom. The standard InChI is InChI=1S/C20H20ClN3O4/c1-11(2)28-20(25)18-19(23-14-8-6-5-7-13(14)22-18)24-15-9-12(21)16(26-3)10-17(15)27-4/h5-11H,1-4H3,(H,23,24). The van der Waals surface area contributed by atoms with Crippen molar-refractivity contribution in [3.63, 3.8) is 0 Å². The highest BCUT2D eigenvalue weighted by atomic mass is 35.5. The second-order valence-electron chi connectivity index (χ2n) is 6.18. The van der Waals surface area contributed by atoms with Crippen LogP contribution in [0.15, 0.2) is 36.4 Å². The molecule has 8 heteroatoms. The number of rotatable bonds is 6. The lowest BCUT2D eigenvalue weighted by atomic mass is 10.2. The van der Waals surface area contributed by atoms with Crippen molar-refractivity contribution in [1.29, 1.82) is 0 Å². The highest BCUT2D eigenvalue weighted by Crippen LogP contribution is 2.37. The van der Waals surface area contributed by atoms with Crippen molar-refractivity contribution in [2.24, 2.45) is 0 Å². The van der Waals surface area contributed by atoms with Crippen molar-refractivity contribution in [1.82, 2.24) is 9.97 Å². The van der Waals surface area contributed by atoms with Crippen molar-refractivity contribution >= 4 is 40.1 Å². The van der Waals surface area contributed by atoms with Crippen LogP contribution in [0.2, 0.25) is 5.02 Å². The summed E-state index contributed by atoms with van der Waals surface area (Å²) in [6.07, 6.45) is -0.293. The Hall–Kier alpha value is -3.06.